The SMILES string of the molecule is Cc1noc(C2CCN(C(=O)NC3COc4c(C)cccc4C3)CC2)n1. The Morgan fingerprint density at radius 2 is 2.08 bits per heavy atom. The van der Waals surface area contributed by atoms with Crippen LogP contribution in [0.2, 0.25) is 0 Å². The molecule has 0 bridgehead atoms. The first-order valence-corrected chi connectivity index (χ1v) is 9.17. The third kappa shape index (κ3) is 3.38. The summed E-state index contributed by atoms with van der Waals surface area (Å²) in [6.45, 7) is 5.78. The van der Waals surface area contributed by atoms with Gasteiger partial charge in [-0.25, -0.2) is 4.79 Å². The van der Waals surface area contributed by atoms with Crippen LogP contribution in [0.5, 0.6) is 5.75 Å². The van der Waals surface area contributed by atoms with E-state index in [2.05, 4.69) is 21.5 Å². The standard InChI is InChI=1S/C19H24N4O3/c1-12-4-3-5-15-10-16(11-25-17(12)15)21-19(24)23-8-6-14(7-9-23)18-20-13(2)22-26-18/h3-5,14,16H,6-11H2,1-2H3,(H,21,24). The summed E-state index contributed by atoms with van der Waals surface area (Å²) in [6.07, 6.45) is 2.50. The number of amides is 2. The highest BCUT2D eigenvalue weighted by Crippen LogP contribution is 2.29. The molecular formula is C19H24N4O3. The third-order valence-electron chi connectivity index (χ3n) is 5.19. The Balaban J connectivity index is 1.31. The number of piperidine rings is 1. The monoisotopic (exact) mass is 356 g/mol. The molecule has 1 unspecified atom stereocenters. The molecule has 0 spiro atoms. The van der Waals surface area contributed by atoms with Gasteiger partial charge >= 0.3 is 6.03 Å². The van der Waals surface area contributed by atoms with E-state index in [0.29, 0.717) is 31.4 Å². The van der Waals surface area contributed by atoms with Gasteiger partial charge in [0.15, 0.2) is 5.82 Å². The maximum absolute atomic E-state index is 12.6. The molecule has 3 heterocycles. The zero-order valence-electron chi connectivity index (χ0n) is 15.2. The van der Waals surface area contributed by atoms with E-state index < -0.39 is 0 Å². The Hall–Kier alpha value is -2.57. The van der Waals surface area contributed by atoms with Crippen LogP contribution in [0.4, 0.5) is 4.79 Å². The fourth-order valence-electron chi connectivity index (χ4n) is 3.76. The third-order valence-corrected chi connectivity index (χ3v) is 5.19. The quantitative estimate of drug-likeness (QED) is 0.894. The summed E-state index contributed by atoms with van der Waals surface area (Å²) in [5.41, 5.74) is 2.30. The van der Waals surface area contributed by atoms with E-state index in [1.54, 1.807) is 0 Å². The van der Waals surface area contributed by atoms with Gasteiger partial charge in [-0.3, -0.25) is 0 Å². The number of carbonyl (C=O) groups is 1. The lowest BCUT2D eigenvalue weighted by molar-refractivity contribution is 0.163. The molecule has 7 heteroatoms. The summed E-state index contributed by atoms with van der Waals surface area (Å²) in [4.78, 5) is 18.8. The van der Waals surface area contributed by atoms with Crippen LogP contribution in [0, 0.1) is 13.8 Å². The van der Waals surface area contributed by atoms with Crippen molar-refractivity contribution >= 4 is 6.03 Å². The van der Waals surface area contributed by atoms with Crippen LogP contribution in [0.3, 0.4) is 0 Å². The number of likely N-dealkylation sites (tertiary alicyclic amines) is 1. The van der Waals surface area contributed by atoms with Crippen LogP contribution >= 0.6 is 0 Å². The zero-order chi connectivity index (χ0) is 18.1. The second-order valence-corrected chi connectivity index (χ2v) is 7.17. The Bertz CT molecular complexity index is 796. The van der Waals surface area contributed by atoms with E-state index >= 15 is 0 Å². The molecule has 2 amide bonds. The highest BCUT2D eigenvalue weighted by molar-refractivity contribution is 5.74. The smallest absolute Gasteiger partial charge is 0.317 e. The maximum atomic E-state index is 12.6. The lowest BCUT2D eigenvalue weighted by Crippen LogP contribution is -2.50. The van der Waals surface area contributed by atoms with Gasteiger partial charge in [-0.2, -0.15) is 4.98 Å². The second-order valence-electron chi connectivity index (χ2n) is 7.17. The Kier molecular flexibility index (Phi) is 4.53. The number of aromatic nitrogens is 2. The van der Waals surface area contributed by atoms with Crippen molar-refractivity contribution in [1.82, 2.24) is 20.4 Å². The topological polar surface area (TPSA) is 80.5 Å². The number of carbonyl (C=O) groups excluding carboxylic acids is 1. The molecule has 0 radical (unpaired) electrons. The van der Waals surface area contributed by atoms with Crippen LogP contribution in [-0.2, 0) is 6.42 Å². The van der Waals surface area contributed by atoms with Gasteiger partial charge in [0.25, 0.3) is 0 Å². The summed E-state index contributed by atoms with van der Waals surface area (Å²) in [5.74, 6) is 2.56. The lowest BCUT2D eigenvalue weighted by atomic mass is 9.97. The normalized spacial score (nSPS) is 20.4. The Labute approximate surface area is 152 Å². The van der Waals surface area contributed by atoms with E-state index in [9.17, 15) is 4.79 Å². The number of nitrogens with zero attached hydrogens (tertiary/aromatic N) is 3. The average molecular weight is 356 g/mol. The molecule has 2 aliphatic rings. The summed E-state index contributed by atoms with van der Waals surface area (Å²) < 4.78 is 11.1. The molecular weight excluding hydrogens is 332 g/mol. The van der Waals surface area contributed by atoms with E-state index in [-0.39, 0.29) is 18.0 Å². The number of fused-ring (bicyclic) bond motifs is 1. The first kappa shape index (κ1) is 16.9. The Morgan fingerprint density at radius 3 is 2.81 bits per heavy atom. The number of benzene rings is 1. The molecule has 1 aromatic heterocycles. The summed E-state index contributed by atoms with van der Waals surface area (Å²) in [7, 11) is 0. The minimum atomic E-state index is -0.0186. The number of hydrogen-bond acceptors (Lipinski definition) is 5. The molecule has 1 saturated heterocycles. The summed E-state index contributed by atoms with van der Waals surface area (Å²) in [5, 5.41) is 6.97. The Morgan fingerprint density at radius 1 is 1.27 bits per heavy atom. The molecule has 2 aliphatic heterocycles. The average Bonchev–Trinajstić information content (AvgIpc) is 3.08. The number of para-hydroxylation sites is 1. The molecule has 4 rings (SSSR count). The van der Waals surface area contributed by atoms with Gasteiger partial charge < -0.3 is 19.5 Å². The lowest BCUT2D eigenvalue weighted by Gasteiger charge is -2.33. The van der Waals surface area contributed by atoms with Crippen LogP contribution in [0.1, 0.15) is 41.6 Å². The van der Waals surface area contributed by atoms with Crippen molar-refractivity contribution < 1.29 is 14.1 Å². The highest BCUT2D eigenvalue weighted by Gasteiger charge is 2.29. The van der Waals surface area contributed by atoms with Gasteiger partial charge in [0.2, 0.25) is 5.89 Å². The van der Waals surface area contributed by atoms with Gasteiger partial charge in [-0.1, -0.05) is 23.4 Å². The van der Waals surface area contributed by atoms with Crippen LogP contribution in [0.25, 0.3) is 0 Å². The van der Waals surface area contributed by atoms with Gasteiger partial charge in [-0.05, 0) is 44.2 Å². The van der Waals surface area contributed by atoms with Crippen molar-refractivity contribution in [1.29, 1.82) is 0 Å². The van der Waals surface area contributed by atoms with E-state index in [4.69, 9.17) is 9.26 Å². The van der Waals surface area contributed by atoms with Crippen molar-refractivity contribution in [3.63, 3.8) is 0 Å². The van der Waals surface area contributed by atoms with Crippen molar-refractivity contribution in [3.8, 4) is 5.75 Å². The van der Waals surface area contributed by atoms with Crippen LogP contribution < -0.4 is 10.1 Å². The van der Waals surface area contributed by atoms with E-state index in [1.807, 2.05) is 30.9 Å². The molecule has 26 heavy (non-hydrogen) atoms. The largest absolute Gasteiger partial charge is 0.491 e. The first-order valence-electron chi connectivity index (χ1n) is 9.17. The molecule has 1 fully saturated rings. The first-order chi connectivity index (χ1) is 12.6. The van der Waals surface area contributed by atoms with Gasteiger partial charge in [0, 0.05) is 19.0 Å². The molecule has 0 saturated carbocycles. The second kappa shape index (κ2) is 6.97. The number of hydrogen-bond donors (Lipinski definition) is 1. The number of ether oxygens (including phenoxy) is 1. The summed E-state index contributed by atoms with van der Waals surface area (Å²) in [6, 6.07) is 6.14. The molecule has 1 N–H and O–H groups in total. The van der Waals surface area contributed by atoms with Crippen LogP contribution in [-0.4, -0.2) is 46.8 Å². The predicted octanol–water partition coefficient (Wildman–Crippen LogP) is 2.58. The van der Waals surface area contributed by atoms with Crippen molar-refractivity contribution in [3.05, 3.63) is 41.0 Å². The molecule has 0 aliphatic carbocycles. The number of urea groups is 1. The van der Waals surface area contributed by atoms with E-state index in [0.717, 1.165) is 36.1 Å². The van der Waals surface area contributed by atoms with Crippen LogP contribution in [0.15, 0.2) is 22.7 Å². The maximum Gasteiger partial charge on any atom is 0.317 e. The van der Waals surface area contributed by atoms with Crippen molar-refractivity contribution in [2.75, 3.05) is 19.7 Å². The number of nitrogens with one attached hydrogen (secondary N) is 1. The number of aryl methyl sites for hydroxylation is 2. The van der Waals surface area contributed by atoms with Gasteiger partial charge in [0.1, 0.15) is 12.4 Å². The fourth-order valence-corrected chi connectivity index (χ4v) is 3.76. The molecule has 7 nitrogen and oxygen atoms in total. The highest BCUT2D eigenvalue weighted by atomic mass is 16.5. The predicted molar refractivity (Wildman–Crippen MR) is 95.3 cm³/mol. The number of rotatable bonds is 2. The minimum Gasteiger partial charge on any atom is -0.491 e. The molecule has 1 atom stereocenters. The molecule has 2 aromatic rings. The molecule has 1 aromatic carbocycles. The van der Waals surface area contributed by atoms with E-state index in [1.165, 1.54) is 0 Å². The zero-order valence-corrected chi connectivity index (χ0v) is 15.2. The molecule has 138 valence electrons. The van der Waals surface area contributed by atoms with Gasteiger partial charge in [0.05, 0.1) is 6.04 Å². The van der Waals surface area contributed by atoms with Gasteiger partial charge in [-0.15, -0.1) is 0 Å². The van der Waals surface area contributed by atoms with Crippen molar-refractivity contribution in [2.24, 2.45) is 0 Å². The fraction of sp³-hybridized carbons (Fsp3) is 0.526. The van der Waals surface area contributed by atoms with Crippen molar-refractivity contribution in [2.45, 2.75) is 45.1 Å². The minimum absolute atomic E-state index is 0.00751. The summed E-state index contributed by atoms with van der Waals surface area (Å²) >= 11 is 0.